The lowest BCUT2D eigenvalue weighted by Gasteiger charge is -2.28. The zero-order valence-electron chi connectivity index (χ0n) is 34.2. The number of aliphatic hydroxyl groups excluding tert-OH is 2. The summed E-state index contributed by atoms with van der Waals surface area (Å²) in [5.74, 6) is -3.29. The van der Waals surface area contributed by atoms with Gasteiger partial charge in [0.25, 0.3) is 0 Å². The molecule has 25 heteroatoms. The molecule has 2 aromatic heterocycles. The minimum absolute atomic E-state index is 0.0838. The van der Waals surface area contributed by atoms with Crippen LogP contribution in [0.25, 0.3) is 11.2 Å². The van der Waals surface area contributed by atoms with Crippen LogP contribution in [0.5, 0.6) is 0 Å². The van der Waals surface area contributed by atoms with Crippen molar-refractivity contribution in [3.05, 3.63) is 12.7 Å². The summed E-state index contributed by atoms with van der Waals surface area (Å²) in [5, 5.41) is 39.8. The summed E-state index contributed by atoms with van der Waals surface area (Å²) in [6.45, 7) is 1.95. The number of nitrogens with two attached hydrogens (primary N) is 6. The average molecular weight is 863 g/mol. The molecule has 2 aliphatic rings. The number of aliphatic hydroxyl groups is 2. The van der Waals surface area contributed by atoms with Crippen molar-refractivity contribution in [2.75, 3.05) is 58.1 Å². The van der Waals surface area contributed by atoms with Crippen molar-refractivity contribution in [3.63, 3.8) is 0 Å². The maximum Gasteiger partial charge on any atom is 0.320 e. The Morgan fingerprint density at radius 3 is 2.43 bits per heavy atom. The largest absolute Gasteiger partial charge is 0.480 e. The zero-order valence-corrected chi connectivity index (χ0v) is 34.2. The van der Waals surface area contributed by atoms with Crippen LogP contribution in [-0.4, -0.2) is 175 Å². The van der Waals surface area contributed by atoms with Gasteiger partial charge in [-0.15, -0.1) is 0 Å². The fraction of sp³-hybridized carbons (Fsp3) is 0.694. The van der Waals surface area contributed by atoms with E-state index in [-0.39, 0.29) is 63.1 Å². The number of likely N-dealkylation sites (tertiary alicyclic amines) is 1. The number of fused-ring (bicyclic) bond motifs is 1. The average Bonchev–Trinajstić information content (AvgIpc) is 3.95. The maximum absolute atomic E-state index is 13.6. The lowest BCUT2D eigenvalue weighted by Crippen LogP contribution is -2.56. The number of ether oxygens (including phenoxy) is 1. The molecule has 4 rings (SSSR count). The number of anilines is 1. The molecular formula is C36H62N16O9. The van der Waals surface area contributed by atoms with E-state index in [4.69, 9.17) is 39.1 Å². The summed E-state index contributed by atoms with van der Waals surface area (Å²) in [7, 11) is 0. The third-order valence-corrected chi connectivity index (χ3v) is 10.7. The molecule has 2 aliphatic heterocycles. The molecule has 0 unspecified atom stereocenters. The highest BCUT2D eigenvalue weighted by Gasteiger charge is 2.45. The number of carboxylic acid groups (broad SMARTS) is 1. The van der Waals surface area contributed by atoms with E-state index in [1.807, 2.05) is 4.90 Å². The standard InChI is InChI=1S/C36H62N16O9/c37-10-2-1-6-22(32(57)48-21(30(40)56)7-3-12-44-36(41)42)49-33(58)23-8-4-14-51(23)25(53)16-43-11-5-13-50(15-9-20(38)35(59)60)17-24-27(54)28(55)34(61-24)52-19-47-26-29(39)45-18-46-31(26)52/h18-24,27-28,34,43,54-55H,1-17,37-38H2,(H2,40,56)(H,48,57)(H,49,58)(H,59,60)(H2,39,45,46)(H4,41,42,44)/t20-,21-,22-,23-,24+,27+,28+,34+/m0/s1. The third kappa shape index (κ3) is 13.9. The molecule has 0 aromatic carbocycles. The first-order valence-corrected chi connectivity index (χ1v) is 20.4. The number of amides is 4. The summed E-state index contributed by atoms with van der Waals surface area (Å²) in [5.41, 5.74) is 34.2. The van der Waals surface area contributed by atoms with E-state index in [0.717, 1.165) is 0 Å². The van der Waals surface area contributed by atoms with E-state index in [0.29, 0.717) is 75.9 Å². The van der Waals surface area contributed by atoms with Crippen LogP contribution in [0.2, 0.25) is 0 Å². The number of carboxylic acids is 1. The van der Waals surface area contributed by atoms with Crippen molar-refractivity contribution in [2.24, 2.45) is 33.7 Å². The monoisotopic (exact) mass is 862 g/mol. The Bertz CT molecular complexity index is 1810. The van der Waals surface area contributed by atoms with Gasteiger partial charge in [-0.1, -0.05) is 0 Å². The summed E-state index contributed by atoms with van der Waals surface area (Å²) in [6, 6.07) is -3.97. The molecule has 25 nitrogen and oxygen atoms in total. The Hall–Kier alpha value is -5.31. The first kappa shape index (κ1) is 48.4. The van der Waals surface area contributed by atoms with Gasteiger partial charge < -0.3 is 80.2 Å². The molecule has 4 heterocycles. The number of aliphatic imine (C=N–C) groups is 1. The quantitative estimate of drug-likeness (QED) is 0.0239. The topological polar surface area (TPSA) is 410 Å². The van der Waals surface area contributed by atoms with Crippen molar-refractivity contribution in [1.29, 1.82) is 0 Å². The van der Waals surface area contributed by atoms with E-state index in [2.05, 4.69) is 35.9 Å². The third-order valence-electron chi connectivity index (χ3n) is 10.7. The van der Waals surface area contributed by atoms with E-state index < -0.39 is 72.4 Å². The van der Waals surface area contributed by atoms with Gasteiger partial charge in [0, 0.05) is 26.2 Å². The Balaban J connectivity index is 1.30. The summed E-state index contributed by atoms with van der Waals surface area (Å²) >= 11 is 0. The van der Waals surface area contributed by atoms with Crippen molar-refractivity contribution < 1.29 is 44.0 Å². The molecule has 61 heavy (non-hydrogen) atoms. The SMILES string of the molecule is NCCCC[C@H](NC(=O)[C@@H]1CCCN1C(=O)CNCCCN(CC[C@H](N)C(=O)O)C[C@H]1O[C@@H](n2cnc3c(N)ncnc32)[C@H](O)[C@@H]1O)C(=O)N[C@@H](CCCN=C(N)N)C(N)=O. The number of nitrogens with one attached hydrogen (secondary N) is 3. The van der Waals surface area contributed by atoms with Gasteiger partial charge >= 0.3 is 5.97 Å². The summed E-state index contributed by atoms with van der Waals surface area (Å²) in [6.07, 6.45) is 1.50. The highest BCUT2D eigenvalue weighted by Crippen LogP contribution is 2.32. The van der Waals surface area contributed by atoms with E-state index in [1.165, 1.54) is 22.1 Å². The van der Waals surface area contributed by atoms with E-state index in [1.54, 1.807) is 0 Å². The number of imidazole rings is 1. The number of carbonyl (C=O) groups is 5. The molecule has 2 aromatic rings. The van der Waals surface area contributed by atoms with Crippen LogP contribution in [0.15, 0.2) is 17.6 Å². The highest BCUT2D eigenvalue weighted by atomic mass is 16.6. The fourth-order valence-corrected chi connectivity index (χ4v) is 7.31. The molecule has 0 bridgehead atoms. The Labute approximate surface area is 352 Å². The number of guanidine groups is 1. The number of hydrogen-bond acceptors (Lipinski definition) is 17. The van der Waals surface area contributed by atoms with Gasteiger partial charge in [-0.2, -0.15) is 0 Å². The molecule has 2 fully saturated rings. The predicted molar refractivity (Wildman–Crippen MR) is 220 cm³/mol. The van der Waals surface area contributed by atoms with Crippen molar-refractivity contribution >= 4 is 52.5 Å². The van der Waals surface area contributed by atoms with Gasteiger partial charge in [-0.3, -0.25) is 33.5 Å². The lowest BCUT2D eigenvalue weighted by atomic mass is 10.1. The van der Waals surface area contributed by atoms with Gasteiger partial charge in [-0.05, 0) is 77.4 Å². The first-order valence-electron chi connectivity index (χ1n) is 20.4. The Morgan fingerprint density at radius 2 is 1.72 bits per heavy atom. The molecule has 2 saturated heterocycles. The molecule has 340 valence electrons. The van der Waals surface area contributed by atoms with E-state index in [9.17, 15) is 39.3 Å². The smallest absolute Gasteiger partial charge is 0.320 e. The second kappa shape index (κ2) is 23.6. The molecule has 18 N–H and O–H groups in total. The number of hydrogen-bond donors (Lipinski definition) is 12. The number of primary amides is 1. The van der Waals surface area contributed by atoms with Crippen LogP contribution < -0.4 is 50.4 Å². The Morgan fingerprint density at radius 1 is 0.967 bits per heavy atom. The van der Waals surface area contributed by atoms with Gasteiger partial charge in [-0.25, -0.2) is 15.0 Å². The normalized spacial score (nSPS) is 21.6. The minimum Gasteiger partial charge on any atom is -0.480 e. The molecule has 4 amide bonds. The Kier molecular flexibility index (Phi) is 18.7. The number of aromatic nitrogens is 4. The molecule has 0 spiro atoms. The predicted octanol–water partition coefficient (Wildman–Crippen LogP) is -5.26. The number of carbonyl (C=O) groups excluding carboxylic acids is 4. The number of unbranched alkanes of at least 4 members (excludes halogenated alkanes) is 1. The molecular weight excluding hydrogens is 800 g/mol. The summed E-state index contributed by atoms with van der Waals surface area (Å²) < 4.78 is 7.56. The zero-order chi connectivity index (χ0) is 44.6. The molecule has 8 atom stereocenters. The van der Waals surface area contributed by atoms with Crippen LogP contribution >= 0.6 is 0 Å². The van der Waals surface area contributed by atoms with Crippen molar-refractivity contribution in [1.82, 2.24) is 45.3 Å². The number of nitrogen functional groups attached to an aromatic ring is 1. The molecule has 0 saturated carbocycles. The van der Waals surface area contributed by atoms with Gasteiger partial charge in [0.15, 0.2) is 23.7 Å². The van der Waals surface area contributed by atoms with Crippen molar-refractivity contribution in [2.45, 2.75) is 106 Å². The maximum atomic E-state index is 13.6. The molecule has 0 radical (unpaired) electrons. The van der Waals surface area contributed by atoms with Crippen LogP contribution in [0, 0.1) is 0 Å². The minimum atomic E-state index is -1.35. The fourth-order valence-electron chi connectivity index (χ4n) is 7.31. The number of nitrogens with zero attached hydrogens (tertiary/aromatic N) is 7. The highest BCUT2D eigenvalue weighted by molar-refractivity contribution is 5.94. The molecule has 0 aliphatic carbocycles. The number of rotatable bonds is 26. The second-order valence-corrected chi connectivity index (χ2v) is 15.2. The first-order chi connectivity index (χ1) is 29.1. The number of aliphatic carboxylic acids is 1. The lowest BCUT2D eigenvalue weighted by molar-refractivity contribution is -0.139. The summed E-state index contributed by atoms with van der Waals surface area (Å²) in [4.78, 5) is 83.4. The van der Waals surface area contributed by atoms with E-state index >= 15 is 0 Å². The van der Waals surface area contributed by atoms with Crippen molar-refractivity contribution in [3.8, 4) is 0 Å². The van der Waals surface area contributed by atoms with Gasteiger partial charge in [0.2, 0.25) is 23.6 Å². The van der Waals surface area contributed by atoms with Crippen LogP contribution in [-0.2, 0) is 28.7 Å². The van der Waals surface area contributed by atoms with Gasteiger partial charge in [0.05, 0.1) is 12.9 Å². The second-order valence-electron chi connectivity index (χ2n) is 15.2. The van der Waals surface area contributed by atoms with Crippen LogP contribution in [0.1, 0.15) is 64.0 Å². The van der Waals surface area contributed by atoms with Crippen LogP contribution in [0.3, 0.4) is 0 Å². The van der Waals surface area contributed by atoms with Crippen LogP contribution in [0.4, 0.5) is 5.82 Å². The van der Waals surface area contributed by atoms with Gasteiger partial charge in [0.1, 0.15) is 54.3 Å².